The molecule has 3 N–H and O–H groups in total. The molecule has 3 aromatic carbocycles. The molecule has 1 saturated heterocycles. The summed E-state index contributed by atoms with van der Waals surface area (Å²) < 4.78 is 13.2. The molecule has 0 radical (unpaired) electrons. The van der Waals surface area contributed by atoms with Gasteiger partial charge in [0.2, 0.25) is 11.8 Å². The van der Waals surface area contributed by atoms with Crippen LogP contribution in [0.2, 0.25) is 0 Å². The monoisotopic (exact) mass is 560 g/mol. The first-order valence-corrected chi connectivity index (χ1v) is 14.6. The molecule has 7 nitrogen and oxygen atoms in total. The lowest BCUT2D eigenvalue weighted by atomic mass is 9.94. The lowest BCUT2D eigenvalue weighted by molar-refractivity contribution is -0.132. The molecule has 4 rings (SSSR count). The van der Waals surface area contributed by atoms with E-state index in [1.54, 1.807) is 4.90 Å². The van der Waals surface area contributed by atoms with Crippen molar-refractivity contribution < 1.29 is 18.8 Å². The fourth-order valence-corrected chi connectivity index (χ4v) is 5.16. The van der Waals surface area contributed by atoms with Crippen molar-refractivity contribution in [3.8, 4) is 0 Å². The fraction of sp³-hybridized carbons (Fsp3) is 0.424. The Morgan fingerprint density at radius 2 is 1.63 bits per heavy atom. The van der Waals surface area contributed by atoms with Crippen molar-refractivity contribution in [2.24, 2.45) is 11.8 Å². The molecule has 218 valence electrons. The molecule has 1 aliphatic heterocycles. The first-order valence-electron chi connectivity index (χ1n) is 14.6. The standard InChI is InChI=1S/C33H41FN4O3/c1-23(2)22-35-16-5-17-36-32(40)30(21-24-8-9-25-6-3-4-7-28(25)20-24)37-31(39)26-14-18-38(19-15-26)33(41)27-10-12-29(34)13-11-27/h3-4,6-13,20,23,26,30,35H,5,14-19,21-22H2,1-2H3,(H,36,40)(H,37,39). The normalized spacial score (nSPS) is 14.7. The number of benzene rings is 3. The van der Waals surface area contributed by atoms with Gasteiger partial charge in [-0.05, 0) is 78.9 Å². The second-order valence-corrected chi connectivity index (χ2v) is 11.3. The molecular formula is C33H41FN4O3. The average Bonchev–Trinajstić information content (AvgIpc) is 2.98. The summed E-state index contributed by atoms with van der Waals surface area (Å²) in [5.74, 6) is -0.640. The van der Waals surface area contributed by atoms with Gasteiger partial charge in [0.15, 0.2) is 0 Å². The molecule has 0 bridgehead atoms. The van der Waals surface area contributed by atoms with Gasteiger partial charge >= 0.3 is 0 Å². The minimum absolute atomic E-state index is 0.166. The number of piperidine rings is 1. The number of amides is 3. The van der Waals surface area contributed by atoms with Crippen molar-refractivity contribution >= 4 is 28.5 Å². The summed E-state index contributed by atoms with van der Waals surface area (Å²) in [6.45, 7) is 7.44. The number of halogens is 1. The van der Waals surface area contributed by atoms with Gasteiger partial charge in [-0.3, -0.25) is 14.4 Å². The second-order valence-electron chi connectivity index (χ2n) is 11.3. The first kappa shape index (κ1) is 30.2. The number of rotatable bonds is 12. The van der Waals surface area contributed by atoms with Crippen LogP contribution in [0.3, 0.4) is 0 Å². The zero-order valence-electron chi connectivity index (χ0n) is 24.0. The minimum atomic E-state index is -0.703. The van der Waals surface area contributed by atoms with Crippen LogP contribution in [0.5, 0.6) is 0 Å². The Hall–Kier alpha value is -3.78. The minimum Gasteiger partial charge on any atom is -0.354 e. The van der Waals surface area contributed by atoms with Gasteiger partial charge in [-0.1, -0.05) is 56.3 Å². The molecule has 8 heteroatoms. The molecule has 1 fully saturated rings. The van der Waals surface area contributed by atoms with E-state index in [2.05, 4.69) is 35.9 Å². The summed E-state index contributed by atoms with van der Waals surface area (Å²) in [5.41, 5.74) is 1.41. The fourth-order valence-electron chi connectivity index (χ4n) is 5.16. The van der Waals surface area contributed by atoms with Gasteiger partial charge in [0.1, 0.15) is 11.9 Å². The maximum absolute atomic E-state index is 13.3. The molecular weight excluding hydrogens is 519 g/mol. The van der Waals surface area contributed by atoms with E-state index in [-0.39, 0.29) is 29.5 Å². The van der Waals surface area contributed by atoms with Gasteiger partial charge in [0, 0.05) is 37.5 Å². The van der Waals surface area contributed by atoms with E-state index in [0.29, 0.717) is 50.4 Å². The summed E-state index contributed by atoms with van der Waals surface area (Å²) in [5, 5.41) is 11.6. The first-order chi connectivity index (χ1) is 19.8. The molecule has 0 spiro atoms. The van der Waals surface area contributed by atoms with Crippen molar-refractivity contribution in [3.63, 3.8) is 0 Å². The number of hydrogen-bond acceptors (Lipinski definition) is 4. The van der Waals surface area contributed by atoms with Crippen LogP contribution < -0.4 is 16.0 Å². The Morgan fingerprint density at radius 3 is 2.34 bits per heavy atom. The second kappa shape index (κ2) is 14.7. The van der Waals surface area contributed by atoms with Gasteiger partial charge in [-0.15, -0.1) is 0 Å². The van der Waals surface area contributed by atoms with E-state index in [1.807, 2.05) is 36.4 Å². The van der Waals surface area contributed by atoms with E-state index < -0.39 is 6.04 Å². The van der Waals surface area contributed by atoms with Crippen molar-refractivity contribution in [2.45, 2.75) is 45.6 Å². The lowest BCUT2D eigenvalue weighted by Crippen LogP contribution is -2.51. The summed E-state index contributed by atoms with van der Waals surface area (Å²) in [6.07, 6.45) is 2.20. The molecule has 0 aliphatic carbocycles. The van der Waals surface area contributed by atoms with Gasteiger partial charge < -0.3 is 20.9 Å². The van der Waals surface area contributed by atoms with Gasteiger partial charge in [0.05, 0.1) is 0 Å². The largest absolute Gasteiger partial charge is 0.354 e. The molecule has 3 amide bonds. The van der Waals surface area contributed by atoms with Crippen LogP contribution >= 0.6 is 0 Å². The predicted molar refractivity (Wildman–Crippen MR) is 160 cm³/mol. The highest BCUT2D eigenvalue weighted by Crippen LogP contribution is 2.21. The van der Waals surface area contributed by atoms with Crippen molar-refractivity contribution in [3.05, 3.63) is 83.7 Å². The van der Waals surface area contributed by atoms with Crippen LogP contribution in [0, 0.1) is 17.7 Å². The van der Waals surface area contributed by atoms with E-state index in [0.717, 1.165) is 35.8 Å². The third kappa shape index (κ3) is 8.85. The molecule has 3 aromatic rings. The Bertz CT molecular complexity index is 1320. The van der Waals surface area contributed by atoms with Crippen LogP contribution in [0.4, 0.5) is 4.39 Å². The Kier molecular flexibility index (Phi) is 10.8. The van der Waals surface area contributed by atoms with Crippen molar-refractivity contribution in [2.75, 3.05) is 32.7 Å². The quantitative estimate of drug-likeness (QED) is 0.288. The molecule has 41 heavy (non-hydrogen) atoms. The summed E-state index contributed by atoms with van der Waals surface area (Å²) in [6, 6.07) is 19.0. The van der Waals surface area contributed by atoms with Gasteiger partial charge in [-0.2, -0.15) is 0 Å². The number of nitrogens with zero attached hydrogens (tertiary/aromatic N) is 1. The number of likely N-dealkylation sites (tertiary alicyclic amines) is 1. The maximum atomic E-state index is 13.3. The van der Waals surface area contributed by atoms with Crippen molar-refractivity contribution in [1.29, 1.82) is 0 Å². The lowest BCUT2D eigenvalue weighted by Gasteiger charge is -2.32. The Morgan fingerprint density at radius 1 is 0.927 bits per heavy atom. The van der Waals surface area contributed by atoms with Gasteiger partial charge in [0.25, 0.3) is 5.91 Å². The summed E-state index contributed by atoms with van der Waals surface area (Å²) in [4.78, 5) is 41.1. The molecule has 1 heterocycles. The maximum Gasteiger partial charge on any atom is 0.253 e. The van der Waals surface area contributed by atoms with E-state index in [4.69, 9.17) is 0 Å². The molecule has 1 unspecified atom stereocenters. The van der Waals surface area contributed by atoms with Crippen LogP contribution in [0.15, 0.2) is 66.7 Å². The highest BCUT2D eigenvalue weighted by atomic mass is 19.1. The molecule has 0 aromatic heterocycles. The number of carbonyl (C=O) groups is 3. The Balaban J connectivity index is 1.35. The highest BCUT2D eigenvalue weighted by molar-refractivity contribution is 5.94. The smallest absolute Gasteiger partial charge is 0.253 e. The van der Waals surface area contributed by atoms with E-state index in [9.17, 15) is 18.8 Å². The van der Waals surface area contributed by atoms with Crippen LogP contribution in [-0.2, 0) is 16.0 Å². The molecule has 1 atom stereocenters. The molecule has 0 saturated carbocycles. The van der Waals surface area contributed by atoms with Gasteiger partial charge in [-0.25, -0.2) is 4.39 Å². The molecule has 1 aliphatic rings. The third-order valence-electron chi connectivity index (χ3n) is 7.51. The Labute approximate surface area is 241 Å². The summed E-state index contributed by atoms with van der Waals surface area (Å²) >= 11 is 0. The number of nitrogens with one attached hydrogen (secondary N) is 3. The number of carbonyl (C=O) groups excluding carboxylic acids is 3. The third-order valence-corrected chi connectivity index (χ3v) is 7.51. The van der Waals surface area contributed by atoms with E-state index in [1.165, 1.54) is 24.3 Å². The van der Waals surface area contributed by atoms with Crippen LogP contribution in [-0.4, -0.2) is 61.4 Å². The highest BCUT2D eigenvalue weighted by Gasteiger charge is 2.30. The van der Waals surface area contributed by atoms with Crippen molar-refractivity contribution in [1.82, 2.24) is 20.9 Å². The average molecular weight is 561 g/mol. The SMILES string of the molecule is CC(C)CNCCCNC(=O)C(Cc1ccc2ccccc2c1)NC(=O)C1CCN(C(=O)c2ccc(F)cc2)CC1. The van der Waals surface area contributed by atoms with Crippen LogP contribution in [0.25, 0.3) is 10.8 Å². The zero-order valence-corrected chi connectivity index (χ0v) is 24.0. The predicted octanol–water partition coefficient (Wildman–Crippen LogP) is 4.31. The zero-order chi connectivity index (χ0) is 29.2. The topological polar surface area (TPSA) is 90.5 Å². The number of fused-ring (bicyclic) bond motifs is 1. The van der Waals surface area contributed by atoms with Crippen LogP contribution in [0.1, 0.15) is 49.0 Å². The van der Waals surface area contributed by atoms with E-state index >= 15 is 0 Å². The summed E-state index contributed by atoms with van der Waals surface area (Å²) in [7, 11) is 0. The number of hydrogen-bond donors (Lipinski definition) is 3.